The van der Waals surface area contributed by atoms with Crippen LogP contribution < -0.4 is 0 Å². The largest absolute Gasteiger partial charge is 0.0622 e. The molecule has 0 saturated carbocycles. The highest BCUT2D eigenvalue weighted by atomic mass is 14.2. The van der Waals surface area contributed by atoms with Crippen LogP contribution in [0.4, 0.5) is 0 Å². The van der Waals surface area contributed by atoms with E-state index in [1.165, 1.54) is 110 Å². The number of benzene rings is 11. The number of hydrogen-bond acceptors (Lipinski definition) is 0. The fourth-order valence-electron chi connectivity index (χ4n) is 9.23. The summed E-state index contributed by atoms with van der Waals surface area (Å²) in [5, 5.41) is 10.1. The van der Waals surface area contributed by atoms with E-state index in [1.54, 1.807) is 0 Å². The van der Waals surface area contributed by atoms with Gasteiger partial charge in [0, 0.05) is 0 Å². The quantitative estimate of drug-likeness (QED) is 0.149. The number of fused-ring (bicyclic) bond motifs is 4. The Balaban J connectivity index is 1.06. The highest BCUT2D eigenvalue weighted by molar-refractivity contribution is 6.23. The molecule has 0 spiro atoms. The van der Waals surface area contributed by atoms with Crippen LogP contribution in [0.25, 0.3) is 110 Å². The van der Waals surface area contributed by atoms with Crippen LogP contribution in [0.2, 0.25) is 0 Å². The van der Waals surface area contributed by atoms with Crippen LogP contribution in [0.3, 0.4) is 0 Å². The van der Waals surface area contributed by atoms with Crippen LogP contribution in [0.5, 0.6) is 0 Å². The van der Waals surface area contributed by atoms with Crippen molar-refractivity contribution in [3.05, 3.63) is 231 Å². The fourth-order valence-corrected chi connectivity index (χ4v) is 9.23. The second-order valence-corrected chi connectivity index (χ2v) is 15.1. The first-order valence-corrected chi connectivity index (χ1v) is 20.1. The van der Waals surface area contributed by atoms with Gasteiger partial charge in [0.05, 0.1) is 0 Å². The molecule has 0 N–H and O–H groups in total. The zero-order valence-electron chi connectivity index (χ0n) is 31.9. The topological polar surface area (TPSA) is 0 Å². The summed E-state index contributed by atoms with van der Waals surface area (Å²) < 4.78 is 0. The summed E-state index contributed by atoms with van der Waals surface area (Å²) in [6.07, 6.45) is 0. The Morgan fingerprint density at radius 2 is 0.362 bits per heavy atom. The van der Waals surface area contributed by atoms with Gasteiger partial charge in [0.15, 0.2) is 0 Å². The second kappa shape index (κ2) is 14.2. The average Bonchev–Trinajstić information content (AvgIpc) is 3.30. The standard InChI is InChI=1S/C58H38/c1-4-16-39(17-5-1)40-28-32-44(33-29-40)56-47-22-10-12-24-49(47)57(50-25-13-11-23-48(50)56)45-34-30-41(31-35-45)46-36-37-53-54(38-46)58(43-20-8-3-9-21-43)52-27-15-14-26-51(52)55(53)42-18-6-2-7-19-42/h1-38H. The predicted octanol–water partition coefficient (Wildman–Crippen LogP) is 16.3. The van der Waals surface area contributed by atoms with E-state index in [0.29, 0.717) is 0 Å². The van der Waals surface area contributed by atoms with Crippen LogP contribution in [-0.4, -0.2) is 0 Å². The molecule has 0 nitrogen and oxygen atoms in total. The zero-order chi connectivity index (χ0) is 38.4. The first-order valence-electron chi connectivity index (χ1n) is 20.1. The average molecular weight is 735 g/mol. The first kappa shape index (κ1) is 33.8. The molecule has 0 fully saturated rings. The van der Waals surface area contributed by atoms with E-state index in [2.05, 4.69) is 231 Å². The fraction of sp³-hybridized carbons (Fsp3) is 0. The molecule has 0 aliphatic rings. The summed E-state index contributed by atoms with van der Waals surface area (Å²) >= 11 is 0. The lowest BCUT2D eigenvalue weighted by Crippen LogP contribution is -1.92. The van der Waals surface area contributed by atoms with Crippen molar-refractivity contribution in [3.8, 4) is 66.8 Å². The van der Waals surface area contributed by atoms with Crippen molar-refractivity contribution in [2.24, 2.45) is 0 Å². The normalized spacial score (nSPS) is 11.4. The zero-order valence-corrected chi connectivity index (χ0v) is 31.9. The maximum Gasteiger partial charge on any atom is -0.00262 e. The Bertz CT molecular complexity index is 3210. The highest BCUT2D eigenvalue weighted by Crippen LogP contribution is 2.46. The molecule has 11 aromatic carbocycles. The van der Waals surface area contributed by atoms with E-state index in [4.69, 9.17) is 0 Å². The molecule has 0 aromatic heterocycles. The Labute approximate surface area is 339 Å². The molecule has 270 valence electrons. The van der Waals surface area contributed by atoms with Gasteiger partial charge in [-0.15, -0.1) is 0 Å². The molecule has 0 aliphatic carbocycles. The van der Waals surface area contributed by atoms with Crippen LogP contribution in [0.15, 0.2) is 231 Å². The van der Waals surface area contributed by atoms with Crippen molar-refractivity contribution in [1.29, 1.82) is 0 Å². The molecule has 11 rings (SSSR count). The van der Waals surface area contributed by atoms with Crippen LogP contribution >= 0.6 is 0 Å². The summed E-state index contributed by atoms with van der Waals surface area (Å²) in [7, 11) is 0. The summed E-state index contributed by atoms with van der Waals surface area (Å²) in [6.45, 7) is 0. The van der Waals surface area contributed by atoms with Gasteiger partial charge < -0.3 is 0 Å². The summed E-state index contributed by atoms with van der Waals surface area (Å²) in [4.78, 5) is 0. The lowest BCUT2D eigenvalue weighted by Gasteiger charge is -2.19. The van der Waals surface area contributed by atoms with Crippen LogP contribution in [-0.2, 0) is 0 Å². The molecule has 0 saturated heterocycles. The van der Waals surface area contributed by atoms with Gasteiger partial charge in [-0.25, -0.2) is 0 Å². The lowest BCUT2D eigenvalue weighted by molar-refractivity contribution is 1.61. The molecular weight excluding hydrogens is 697 g/mol. The molecule has 0 heterocycles. The van der Waals surface area contributed by atoms with Gasteiger partial charge in [0.1, 0.15) is 0 Å². The van der Waals surface area contributed by atoms with Crippen molar-refractivity contribution < 1.29 is 0 Å². The molecule has 11 aromatic rings. The van der Waals surface area contributed by atoms with Crippen molar-refractivity contribution >= 4 is 43.1 Å². The third-order valence-corrected chi connectivity index (χ3v) is 11.9. The molecular formula is C58H38. The molecule has 58 heavy (non-hydrogen) atoms. The van der Waals surface area contributed by atoms with Gasteiger partial charge in [-0.05, 0) is 116 Å². The highest BCUT2D eigenvalue weighted by Gasteiger charge is 2.19. The maximum absolute atomic E-state index is 2.41. The summed E-state index contributed by atoms with van der Waals surface area (Å²) in [5.41, 5.74) is 14.9. The van der Waals surface area contributed by atoms with E-state index < -0.39 is 0 Å². The molecule has 0 bridgehead atoms. The molecule has 0 atom stereocenters. The van der Waals surface area contributed by atoms with Gasteiger partial charge in [-0.3, -0.25) is 0 Å². The van der Waals surface area contributed by atoms with E-state index in [9.17, 15) is 0 Å². The summed E-state index contributed by atoms with van der Waals surface area (Å²) in [6, 6.07) is 84.4. The Morgan fingerprint density at radius 3 is 0.741 bits per heavy atom. The maximum atomic E-state index is 2.41. The van der Waals surface area contributed by atoms with Gasteiger partial charge in [-0.1, -0.05) is 224 Å². The number of hydrogen-bond donors (Lipinski definition) is 0. The molecule has 0 aliphatic heterocycles. The van der Waals surface area contributed by atoms with Gasteiger partial charge in [0.25, 0.3) is 0 Å². The SMILES string of the molecule is c1ccc(-c2ccc(-c3c4ccccc4c(-c4ccc(-c5ccc6c(-c7ccccc7)c7ccccc7c(-c7ccccc7)c6c5)cc4)c4ccccc34)cc2)cc1. The smallest absolute Gasteiger partial charge is 0.00262 e. The van der Waals surface area contributed by atoms with Crippen molar-refractivity contribution in [2.45, 2.75) is 0 Å². The van der Waals surface area contributed by atoms with Crippen molar-refractivity contribution in [1.82, 2.24) is 0 Å². The van der Waals surface area contributed by atoms with Gasteiger partial charge in [0.2, 0.25) is 0 Å². The van der Waals surface area contributed by atoms with E-state index in [0.717, 1.165) is 0 Å². The lowest BCUT2D eigenvalue weighted by atomic mass is 9.84. The van der Waals surface area contributed by atoms with Crippen LogP contribution in [0.1, 0.15) is 0 Å². The monoisotopic (exact) mass is 734 g/mol. The van der Waals surface area contributed by atoms with E-state index in [1.807, 2.05) is 0 Å². The Kier molecular flexibility index (Phi) is 8.26. The van der Waals surface area contributed by atoms with Crippen molar-refractivity contribution in [3.63, 3.8) is 0 Å². The van der Waals surface area contributed by atoms with Gasteiger partial charge >= 0.3 is 0 Å². The predicted molar refractivity (Wildman–Crippen MR) is 249 cm³/mol. The molecule has 0 amide bonds. The first-order chi connectivity index (χ1) is 28.8. The van der Waals surface area contributed by atoms with Gasteiger partial charge in [-0.2, -0.15) is 0 Å². The minimum atomic E-state index is 1.20. The molecule has 0 radical (unpaired) electrons. The minimum Gasteiger partial charge on any atom is -0.0622 e. The van der Waals surface area contributed by atoms with E-state index >= 15 is 0 Å². The second-order valence-electron chi connectivity index (χ2n) is 15.1. The Morgan fingerprint density at radius 1 is 0.138 bits per heavy atom. The molecule has 0 unspecified atom stereocenters. The molecule has 0 heteroatoms. The van der Waals surface area contributed by atoms with Crippen LogP contribution in [0, 0.1) is 0 Å². The Hall–Kier alpha value is -7.54. The number of rotatable bonds is 6. The third-order valence-electron chi connectivity index (χ3n) is 11.9. The third kappa shape index (κ3) is 5.69. The summed E-state index contributed by atoms with van der Waals surface area (Å²) in [5.74, 6) is 0. The minimum absolute atomic E-state index is 1.20. The van der Waals surface area contributed by atoms with E-state index in [-0.39, 0.29) is 0 Å². The van der Waals surface area contributed by atoms with Crippen molar-refractivity contribution in [2.75, 3.05) is 0 Å².